The molecule has 0 bridgehead atoms. The minimum absolute atomic E-state index is 0.0519. The van der Waals surface area contributed by atoms with Crippen LogP contribution in [0.5, 0.6) is 0 Å². The summed E-state index contributed by atoms with van der Waals surface area (Å²) in [4.78, 5) is 28.6. The SMILES string of the molecule is CC(C(=O)NC1CCCCC1)N(Cc1c(Cl)cccc1Cl)C(=O)CN(c1cccc2ccccc12)S(C)(=O)=O. The lowest BCUT2D eigenvalue weighted by atomic mass is 9.95. The first-order valence-electron chi connectivity index (χ1n) is 13.0. The normalized spacial score (nSPS) is 15.1. The van der Waals surface area contributed by atoms with Gasteiger partial charge in [-0.3, -0.25) is 13.9 Å². The molecule has 0 saturated heterocycles. The molecule has 1 aliphatic rings. The van der Waals surface area contributed by atoms with Crippen LogP contribution in [0.1, 0.15) is 44.6 Å². The first-order chi connectivity index (χ1) is 18.6. The number of hydrogen-bond donors (Lipinski definition) is 1. The van der Waals surface area contributed by atoms with Crippen molar-refractivity contribution in [3.8, 4) is 0 Å². The lowest BCUT2D eigenvalue weighted by molar-refractivity contribution is -0.139. The quantitative estimate of drug-likeness (QED) is 0.343. The molecule has 0 radical (unpaired) electrons. The average molecular weight is 591 g/mol. The summed E-state index contributed by atoms with van der Waals surface area (Å²) in [6.07, 6.45) is 6.10. The fourth-order valence-corrected chi connectivity index (χ4v) is 6.40. The van der Waals surface area contributed by atoms with Crippen molar-refractivity contribution in [2.24, 2.45) is 0 Å². The zero-order chi connectivity index (χ0) is 28.2. The number of rotatable bonds is 9. The number of benzene rings is 3. The van der Waals surface area contributed by atoms with E-state index in [9.17, 15) is 18.0 Å². The van der Waals surface area contributed by atoms with Crippen LogP contribution in [0.25, 0.3) is 10.8 Å². The van der Waals surface area contributed by atoms with Gasteiger partial charge >= 0.3 is 0 Å². The molecule has 1 saturated carbocycles. The van der Waals surface area contributed by atoms with Gasteiger partial charge in [-0.1, -0.05) is 84.9 Å². The topological polar surface area (TPSA) is 86.8 Å². The molecule has 0 heterocycles. The summed E-state index contributed by atoms with van der Waals surface area (Å²) in [5.74, 6) is -0.842. The predicted octanol–water partition coefficient (Wildman–Crippen LogP) is 5.78. The summed E-state index contributed by atoms with van der Waals surface area (Å²) < 4.78 is 27.1. The molecule has 0 spiro atoms. The van der Waals surface area contributed by atoms with Gasteiger partial charge in [0.25, 0.3) is 0 Å². The number of sulfonamides is 1. The molecule has 1 atom stereocenters. The van der Waals surface area contributed by atoms with Gasteiger partial charge in [0.1, 0.15) is 12.6 Å². The van der Waals surface area contributed by atoms with Crippen LogP contribution in [0.2, 0.25) is 10.0 Å². The average Bonchev–Trinajstić information content (AvgIpc) is 2.91. The van der Waals surface area contributed by atoms with Crippen LogP contribution < -0.4 is 9.62 Å². The molecule has 1 N–H and O–H groups in total. The number of carbonyl (C=O) groups is 2. The van der Waals surface area contributed by atoms with Crippen LogP contribution in [0.3, 0.4) is 0 Å². The van der Waals surface area contributed by atoms with Gasteiger partial charge in [0.05, 0.1) is 11.9 Å². The zero-order valence-electron chi connectivity index (χ0n) is 22.1. The van der Waals surface area contributed by atoms with Crippen molar-refractivity contribution >= 4 is 61.5 Å². The predicted molar refractivity (Wildman–Crippen MR) is 158 cm³/mol. The minimum atomic E-state index is -3.86. The third-order valence-electron chi connectivity index (χ3n) is 7.22. The molecule has 0 aliphatic heterocycles. The number of amides is 2. The summed E-state index contributed by atoms with van der Waals surface area (Å²) in [5, 5.41) is 5.33. The lowest BCUT2D eigenvalue weighted by Crippen LogP contribution is -2.53. The molecule has 10 heteroatoms. The van der Waals surface area contributed by atoms with Crippen molar-refractivity contribution in [2.45, 2.75) is 57.7 Å². The van der Waals surface area contributed by atoms with Gasteiger partial charge in [-0.15, -0.1) is 0 Å². The van der Waals surface area contributed by atoms with Gasteiger partial charge in [0.2, 0.25) is 21.8 Å². The third-order valence-corrected chi connectivity index (χ3v) is 9.06. The van der Waals surface area contributed by atoms with Crippen LogP contribution in [-0.4, -0.2) is 50.0 Å². The highest BCUT2D eigenvalue weighted by atomic mass is 35.5. The highest BCUT2D eigenvalue weighted by Gasteiger charge is 2.32. The highest BCUT2D eigenvalue weighted by molar-refractivity contribution is 7.92. The number of fused-ring (bicyclic) bond motifs is 1. The molecule has 3 aromatic carbocycles. The second-order valence-corrected chi connectivity index (χ2v) is 12.7. The van der Waals surface area contributed by atoms with Crippen LogP contribution in [0, 0.1) is 0 Å². The molecule has 4 rings (SSSR count). The highest BCUT2D eigenvalue weighted by Crippen LogP contribution is 2.30. The monoisotopic (exact) mass is 589 g/mol. The molecule has 0 aromatic heterocycles. The summed E-state index contributed by atoms with van der Waals surface area (Å²) in [6.45, 7) is 1.10. The Morgan fingerprint density at radius 1 is 0.949 bits per heavy atom. The van der Waals surface area contributed by atoms with Gasteiger partial charge < -0.3 is 10.2 Å². The fourth-order valence-electron chi connectivity index (χ4n) is 5.03. The van der Waals surface area contributed by atoms with Crippen LogP contribution in [0.4, 0.5) is 5.69 Å². The second kappa shape index (κ2) is 12.6. The van der Waals surface area contributed by atoms with Crippen molar-refractivity contribution in [3.05, 3.63) is 76.3 Å². The minimum Gasteiger partial charge on any atom is -0.352 e. The Hall–Kier alpha value is -2.81. The third kappa shape index (κ3) is 7.04. The summed E-state index contributed by atoms with van der Waals surface area (Å²) in [7, 11) is -3.86. The number of halogens is 2. The molecule has 208 valence electrons. The van der Waals surface area contributed by atoms with E-state index in [-0.39, 0.29) is 18.5 Å². The maximum Gasteiger partial charge on any atom is 0.244 e. The van der Waals surface area contributed by atoms with E-state index in [1.165, 1.54) is 4.90 Å². The smallest absolute Gasteiger partial charge is 0.244 e. The van der Waals surface area contributed by atoms with Crippen LogP contribution in [-0.2, 0) is 26.2 Å². The van der Waals surface area contributed by atoms with E-state index >= 15 is 0 Å². The van der Waals surface area contributed by atoms with E-state index in [1.807, 2.05) is 30.3 Å². The molecule has 39 heavy (non-hydrogen) atoms. The standard InChI is InChI=1S/C29H33Cl2N3O4S/c1-20(29(36)32-22-12-4-3-5-13-22)33(18-24-25(30)15-9-16-26(24)31)28(35)19-34(39(2,37)38)27-17-8-11-21-10-6-7-14-23(21)27/h6-11,14-17,20,22H,3-5,12-13,18-19H2,1-2H3,(H,32,36). The van der Waals surface area contributed by atoms with Gasteiger partial charge in [-0.05, 0) is 43.4 Å². The fraction of sp³-hybridized carbons (Fsp3) is 0.379. The molecule has 3 aromatic rings. The van der Waals surface area contributed by atoms with Crippen LogP contribution in [0.15, 0.2) is 60.7 Å². The molecular formula is C29H33Cl2N3O4S. The van der Waals surface area contributed by atoms with Crippen molar-refractivity contribution in [1.29, 1.82) is 0 Å². The molecule has 1 aliphatic carbocycles. The molecule has 1 fully saturated rings. The van der Waals surface area contributed by atoms with E-state index < -0.39 is 28.5 Å². The first-order valence-corrected chi connectivity index (χ1v) is 15.6. The van der Waals surface area contributed by atoms with E-state index in [1.54, 1.807) is 37.3 Å². The van der Waals surface area contributed by atoms with Gasteiger partial charge in [-0.25, -0.2) is 8.42 Å². The first kappa shape index (κ1) is 29.2. The van der Waals surface area contributed by atoms with Crippen molar-refractivity contribution in [1.82, 2.24) is 10.2 Å². The number of hydrogen-bond acceptors (Lipinski definition) is 4. The Morgan fingerprint density at radius 2 is 1.56 bits per heavy atom. The van der Waals surface area contributed by atoms with Gasteiger partial charge in [0.15, 0.2) is 0 Å². The molecule has 7 nitrogen and oxygen atoms in total. The van der Waals surface area contributed by atoms with E-state index in [2.05, 4.69) is 5.32 Å². The number of nitrogens with zero attached hydrogens (tertiary/aromatic N) is 2. The molecule has 2 amide bonds. The van der Waals surface area contributed by atoms with Crippen molar-refractivity contribution in [3.63, 3.8) is 0 Å². The van der Waals surface area contributed by atoms with Crippen molar-refractivity contribution < 1.29 is 18.0 Å². The van der Waals surface area contributed by atoms with Crippen LogP contribution >= 0.6 is 23.2 Å². The maximum atomic E-state index is 13.9. The Labute approximate surface area is 240 Å². The molecule has 1 unspecified atom stereocenters. The Kier molecular flexibility index (Phi) is 9.41. The summed E-state index contributed by atoms with van der Waals surface area (Å²) >= 11 is 12.9. The van der Waals surface area contributed by atoms with E-state index in [0.717, 1.165) is 48.1 Å². The number of anilines is 1. The Balaban J connectivity index is 1.68. The lowest BCUT2D eigenvalue weighted by Gasteiger charge is -2.33. The number of nitrogens with one attached hydrogen (secondary N) is 1. The second-order valence-electron chi connectivity index (χ2n) is 10.0. The Bertz CT molecular complexity index is 1430. The largest absolute Gasteiger partial charge is 0.352 e. The zero-order valence-corrected chi connectivity index (χ0v) is 24.4. The van der Waals surface area contributed by atoms with Gasteiger partial charge in [-0.2, -0.15) is 0 Å². The maximum absolute atomic E-state index is 13.9. The molecular weight excluding hydrogens is 557 g/mol. The summed E-state index contributed by atoms with van der Waals surface area (Å²) in [5.41, 5.74) is 0.876. The summed E-state index contributed by atoms with van der Waals surface area (Å²) in [6, 6.07) is 16.9. The van der Waals surface area contributed by atoms with E-state index in [4.69, 9.17) is 23.2 Å². The number of carbonyl (C=O) groups excluding carboxylic acids is 2. The van der Waals surface area contributed by atoms with Gasteiger partial charge in [0, 0.05) is 33.6 Å². The van der Waals surface area contributed by atoms with Crippen molar-refractivity contribution in [2.75, 3.05) is 17.1 Å². The van der Waals surface area contributed by atoms with E-state index in [0.29, 0.717) is 26.7 Å². The Morgan fingerprint density at radius 3 is 2.23 bits per heavy atom.